The molecule has 7 nitrogen and oxygen atoms in total. The third kappa shape index (κ3) is 4.48. The summed E-state index contributed by atoms with van der Waals surface area (Å²) in [4.78, 5) is 39.9. The van der Waals surface area contributed by atoms with E-state index < -0.39 is 0 Å². The minimum atomic E-state index is -0.0578. The van der Waals surface area contributed by atoms with Gasteiger partial charge in [0.1, 0.15) is 5.65 Å². The first-order chi connectivity index (χ1) is 17.2. The highest BCUT2D eigenvalue weighted by Crippen LogP contribution is 2.41. The average Bonchev–Trinajstić information content (AvgIpc) is 3.33. The molecule has 1 saturated heterocycles. The van der Waals surface area contributed by atoms with Gasteiger partial charge in [-0.2, -0.15) is 0 Å². The third-order valence-electron chi connectivity index (χ3n) is 7.40. The van der Waals surface area contributed by atoms with Gasteiger partial charge in [-0.15, -0.1) is 11.3 Å². The van der Waals surface area contributed by atoms with E-state index in [9.17, 15) is 9.59 Å². The smallest absolute Gasteiger partial charge is 0.258 e. The second-order valence-electron chi connectivity index (χ2n) is 9.63. The Morgan fingerprint density at radius 1 is 0.971 bits per heavy atom. The topological polar surface area (TPSA) is 70.8 Å². The van der Waals surface area contributed by atoms with Crippen LogP contribution in [0.1, 0.15) is 42.3 Å². The summed E-state index contributed by atoms with van der Waals surface area (Å²) in [5.41, 5.74) is 2.43. The largest absolute Gasteiger partial charge is 0.340 e. The van der Waals surface area contributed by atoms with Crippen molar-refractivity contribution >= 4 is 33.1 Å². The first kappa shape index (κ1) is 22.4. The lowest BCUT2D eigenvalue weighted by Gasteiger charge is -2.38. The van der Waals surface area contributed by atoms with Gasteiger partial charge in [-0.3, -0.25) is 18.9 Å². The van der Waals surface area contributed by atoms with E-state index in [1.807, 2.05) is 24.3 Å². The summed E-state index contributed by atoms with van der Waals surface area (Å²) in [5.74, 6) is 0.537. The van der Waals surface area contributed by atoms with E-state index in [2.05, 4.69) is 33.0 Å². The Morgan fingerprint density at radius 2 is 1.77 bits per heavy atom. The van der Waals surface area contributed by atoms with E-state index in [1.54, 1.807) is 28.0 Å². The zero-order valence-electron chi connectivity index (χ0n) is 19.7. The van der Waals surface area contributed by atoms with Crippen molar-refractivity contribution in [2.24, 2.45) is 5.92 Å². The molecule has 2 aliphatic rings. The van der Waals surface area contributed by atoms with E-state index in [0.717, 1.165) is 55.0 Å². The van der Waals surface area contributed by atoms with Crippen molar-refractivity contribution in [1.29, 1.82) is 0 Å². The van der Waals surface area contributed by atoms with Crippen LogP contribution in [0.2, 0.25) is 0 Å². The Balaban J connectivity index is 1.12. The molecule has 1 aliphatic heterocycles. The SMILES string of the molecule is O=C([C@H]1CCCC[C@H]1c1nc2ccccc2s1)N1CCN(Cc2cc(=O)n3ccccc3n2)CC1. The number of amides is 1. The van der Waals surface area contributed by atoms with Crippen molar-refractivity contribution in [3.8, 4) is 0 Å². The van der Waals surface area contributed by atoms with Crippen LogP contribution < -0.4 is 5.56 Å². The van der Waals surface area contributed by atoms with Crippen molar-refractivity contribution in [3.63, 3.8) is 0 Å². The Kier molecular flexibility index (Phi) is 6.08. The van der Waals surface area contributed by atoms with Gasteiger partial charge in [0.25, 0.3) is 5.56 Å². The molecule has 0 unspecified atom stereocenters. The molecule has 1 aliphatic carbocycles. The number of nitrogens with zero attached hydrogens (tertiary/aromatic N) is 5. The number of para-hydroxylation sites is 1. The lowest BCUT2D eigenvalue weighted by atomic mass is 9.78. The van der Waals surface area contributed by atoms with E-state index >= 15 is 0 Å². The van der Waals surface area contributed by atoms with Crippen LogP contribution in [0.5, 0.6) is 0 Å². The first-order valence-electron chi connectivity index (χ1n) is 12.5. The first-order valence-corrected chi connectivity index (χ1v) is 13.3. The predicted octanol–water partition coefficient (Wildman–Crippen LogP) is 3.92. The number of pyridine rings is 1. The number of rotatable bonds is 4. The fourth-order valence-electron chi connectivity index (χ4n) is 5.54. The van der Waals surface area contributed by atoms with Crippen LogP contribution in [-0.2, 0) is 11.3 Å². The molecule has 6 rings (SSSR count). The second-order valence-corrected chi connectivity index (χ2v) is 10.7. The third-order valence-corrected chi connectivity index (χ3v) is 8.57. The average molecular weight is 488 g/mol. The molecule has 0 N–H and O–H groups in total. The summed E-state index contributed by atoms with van der Waals surface area (Å²) in [5, 5.41) is 1.12. The van der Waals surface area contributed by atoms with Crippen LogP contribution in [0.15, 0.2) is 59.5 Å². The lowest BCUT2D eigenvalue weighted by molar-refractivity contribution is -0.139. The highest BCUT2D eigenvalue weighted by atomic mass is 32.1. The highest BCUT2D eigenvalue weighted by molar-refractivity contribution is 7.18. The van der Waals surface area contributed by atoms with Gasteiger partial charge in [-0.1, -0.05) is 31.0 Å². The molecule has 1 saturated carbocycles. The lowest BCUT2D eigenvalue weighted by Crippen LogP contribution is -2.51. The maximum absolute atomic E-state index is 13.6. The minimum absolute atomic E-state index is 0.0260. The Bertz CT molecular complexity index is 1390. The maximum atomic E-state index is 13.6. The van der Waals surface area contributed by atoms with Crippen molar-refractivity contribution in [3.05, 3.63) is 75.8 Å². The van der Waals surface area contributed by atoms with Gasteiger partial charge in [0, 0.05) is 56.8 Å². The minimum Gasteiger partial charge on any atom is -0.340 e. The number of carbonyl (C=O) groups excluding carboxylic acids is 1. The van der Waals surface area contributed by atoms with Crippen LogP contribution in [0.3, 0.4) is 0 Å². The zero-order chi connectivity index (χ0) is 23.8. The summed E-state index contributed by atoms with van der Waals surface area (Å²) < 4.78 is 2.77. The van der Waals surface area contributed by atoms with Gasteiger partial charge in [0.2, 0.25) is 5.91 Å². The van der Waals surface area contributed by atoms with Gasteiger partial charge < -0.3 is 4.90 Å². The Labute approximate surface area is 208 Å². The summed E-state index contributed by atoms with van der Waals surface area (Å²) >= 11 is 1.75. The molecule has 0 spiro atoms. The van der Waals surface area contributed by atoms with Gasteiger partial charge in [-0.25, -0.2) is 9.97 Å². The van der Waals surface area contributed by atoms with Gasteiger partial charge >= 0.3 is 0 Å². The molecule has 0 radical (unpaired) electrons. The zero-order valence-corrected chi connectivity index (χ0v) is 20.5. The van der Waals surface area contributed by atoms with Crippen molar-refractivity contribution in [2.75, 3.05) is 26.2 Å². The monoisotopic (exact) mass is 487 g/mol. The van der Waals surface area contributed by atoms with E-state index in [-0.39, 0.29) is 23.3 Å². The highest BCUT2D eigenvalue weighted by Gasteiger charge is 2.37. The summed E-state index contributed by atoms with van der Waals surface area (Å²) in [6.07, 6.45) is 6.01. The molecule has 4 aromatic rings. The quantitative estimate of drug-likeness (QED) is 0.436. The molecule has 35 heavy (non-hydrogen) atoms. The summed E-state index contributed by atoms with van der Waals surface area (Å²) in [6, 6.07) is 15.5. The molecule has 1 aromatic carbocycles. The normalized spacial score (nSPS) is 21.5. The fraction of sp³-hybridized carbons (Fsp3) is 0.407. The number of thiazole rings is 1. The van der Waals surface area contributed by atoms with E-state index in [1.165, 1.54) is 4.70 Å². The molecule has 2 fully saturated rings. The maximum Gasteiger partial charge on any atom is 0.258 e. The second kappa shape index (κ2) is 9.51. The fourth-order valence-corrected chi connectivity index (χ4v) is 6.71. The number of benzene rings is 1. The van der Waals surface area contributed by atoms with Gasteiger partial charge in [0.15, 0.2) is 0 Å². The van der Waals surface area contributed by atoms with Crippen LogP contribution >= 0.6 is 11.3 Å². The number of piperazine rings is 1. The van der Waals surface area contributed by atoms with Gasteiger partial charge in [-0.05, 0) is 37.1 Å². The van der Waals surface area contributed by atoms with E-state index in [4.69, 9.17) is 4.98 Å². The molecule has 0 bridgehead atoms. The van der Waals surface area contributed by atoms with Crippen LogP contribution in [-0.4, -0.2) is 56.3 Å². The molecule has 3 aromatic heterocycles. The Hall–Kier alpha value is -3.10. The summed E-state index contributed by atoms with van der Waals surface area (Å²) in [7, 11) is 0. The molecule has 1 amide bonds. The standard InChI is InChI=1S/C27H29N5O2S/c33-25-17-19(28-24-11-5-6-12-32(24)25)18-30-13-15-31(16-14-30)27(34)21-8-2-1-7-20(21)26-29-22-9-3-4-10-23(22)35-26/h3-6,9-12,17,20-21H,1-2,7-8,13-16,18H2/t20-,21+/m1/s1. The number of carbonyl (C=O) groups is 1. The molecular weight excluding hydrogens is 458 g/mol. The molecule has 4 heterocycles. The van der Waals surface area contributed by atoms with Crippen molar-refractivity contribution in [2.45, 2.75) is 38.1 Å². The predicted molar refractivity (Wildman–Crippen MR) is 138 cm³/mol. The van der Waals surface area contributed by atoms with Crippen LogP contribution in [0.4, 0.5) is 0 Å². The molecular formula is C27H29N5O2S. The van der Waals surface area contributed by atoms with Crippen molar-refractivity contribution < 1.29 is 4.79 Å². The van der Waals surface area contributed by atoms with E-state index in [0.29, 0.717) is 25.3 Å². The number of aromatic nitrogens is 3. The number of hydrogen-bond donors (Lipinski definition) is 0. The van der Waals surface area contributed by atoms with Crippen LogP contribution in [0.25, 0.3) is 15.9 Å². The molecule has 180 valence electrons. The number of hydrogen-bond acceptors (Lipinski definition) is 6. The van der Waals surface area contributed by atoms with Crippen LogP contribution in [0, 0.1) is 5.92 Å². The summed E-state index contributed by atoms with van der Waals surface area (Å²) in [6.45, 7) is 3.64. The van der Waals surface area contributed by atoms with Crippen molar-refractivity contribution in [1.82, 2.24) is 24.2 Å². The van der Waals surface area contributed by atoms with Gasteiger partial charge in [0.05, 0.1) is 20.9 Å². The molecule has 2 atom stereocenters. The molecule has 8 heteroatoms. The Morgan fingerprint density at radius 3 is 2.63 bits per heavy atom. The number of fused-ring (bicyclic) bond motifs is 2.